The molecule has 1 atom stereocenters. The molecule has 4 heteroatoms. The van der Waals surface area contributed by atoms with Crippen molar-refractivity contribution < 1.29 is 4.79 Å². The zero-order valence-corrected chi connectivity index (χ0v) is 6.19. The summed E-state index contributed by atoms with van der Waals surface area (Å²) in [6.45, 7) is 3.06. The fourth-order valence-electron chi connectivity index (χ4n) is 0.795. The maximum absolute atomic E-state index is 10.6. The molecular weight excluding hydrogens is 136 g/mol. The number of amides is 1. The molecule has 0 radical (unpaired) electrons. The quantitative estimate of drug-likeness (QED) is 0.458. The van der Waals surface area contributed by atoms with E-state index in [4.69, 9.17) is 0 Å². The van der Waals surface area contributed by atoms with Gasteiger partial charge in [-0.1, -0.05) is 0 Å². The van der Waals surface area contributed by atoms with E-state index in [-0.39, 0.29) is 5.91 Å². The third kappa shape index (κ3) is 1.59. The van der Waals surface area contributed by atoms with Crippen molar-refractivity contribution in [1.29, 1.82) is 0 Å². The van der Waals surface area contributed by atoms with E-state index in [1.807, 2.05) is 0 Å². The lowest BCUT2D eigenvalue weighted by Crippen LogP contribution is -2.34. The lowest BCUT2D eigenvalue weighted by molar-refractivity contribution is -0.130. The molecule has 1 aliphatic heterocycles. The highest BCUT2D eigenvalue weighted by Crippen LogP contribution is 2.03. The lowest BCUT2D eigenvalue weighted by Gasteiger charge is -2.11. The van der Waals surface area contributed by atoms with Crippen LogP contribution in [-0.4, -0.2) is 29.3 Å². The van der Waals surface area contributed by atoms with Crippen molar-refractivity contribution in [3.63, 3.8) is 0 Å². The van der Waals surface area contributed by atoms with Crippen LogP contribution in [0, 0.1) is 0 Å². The van der Waals surface area contributed by atoms with Gasteiger partial charge in [0.15, 0.2) is 0 Å². The molecule has 1 rings (SSSR count). The largest absolute Gasteiger partial charge is 0.277 e. The Morgan fingerprint density at radius 1 is 1.89 bits per heavy atom. The minimum atomic E-state index is 0.0616. The van der Waals surface area contributed by atoms with Crippen molar-refractivity contribution in [2.45, 2.75) is 12.2 Å². The van der Waals surface area contributed by atoms with E-state index in [1.54, 1.807) is 11.9 Å². The van der Waals surface area contributed by atoms with Crippen molar-refractivity contribution in [2.24, 2.45) is 0 Å². The molecule has 3 nitrogen and oxygen atoms in total. The number of hydrazine groups is 1. The van der Waals surface area contributed by atoms with Crippen LogP contribution in [0.4, 0.5) is 0 Å². The molecular formula is C5H10N2OS. The molecule has 0 aromatic rings. The van der Waals surface area contributed by atoms with Crippen molar-refractivity contribution in [2.75, 3.05) is 13.1 Å². The molecule has 0 saturated carbocycles. The molecule has 1 N–H and O–H groups in total. The Hall–Kier alpha value is -0.220. The van der Waals surface area contributed by atoms with Gasteiger partial charge in [0, 0.05) is 18.7 Å². The number of hydrogen-bond donors (Lipinski definition) is 2. The summed E-state index contributed by atoms with van der Waals surface area (Å²) < 4.78 is 0. The van der Waals surface area contributed by atoms with Gasteiger partial charge >= 0.3 is 0 Å². The number of carbonyl (C=O) groups excluding carboxylic acids is 1. The Morgan fingerprint density at radius 2 is 2.56 bits per heavy atom. The molecule has 1 aliphatic rings. The van der Waals surface area contributed by atoms with Crippen LogP contribution in [0.1, 0.15) is 6.92 Å². The summed E-state index contributed by atoms with van der Waals surface area (Å²) in [6, 6.07) is 0. The monoisotopic (exact) mass is 146 g/mol. The van der Waals surface area contributed by atoms with Crippen molar-refractivity contribution in [1.82, 2.24) is 10.4 Å². The van der Waals surface area contributed by atoms with Gasteiger partial charge in [0.05, 0.1) is 6.54 Å². The number of nitrogens with one attached hydrogen (secondary N) is 1. The molecule has 0 aromatic heterocycles. The second-order valence-electron chi connectivity index (χ2n) is 2.15. The smallest absolute Gasteiger partial charge is 0.233 e. The molecule has 0 spiro atoms. The van der Waals surface area contributed by atoms with Gasteiger partial charge < -0.3 is 0 Å². The fraction of sp³-hybridized carbons (Fsp3) is 0.800. The van der Waals surface area contributed by atoms with Gasteiger partial charge in [-0.2, -0.15) is 12.6 Å². The van der Waals surface area contributed by atoms with Crippen molar-refractivity contribution in [3.8, 4) is 0 Å². The van der Waals surface area contributed by atoms with E-state index in [9.17, 15) is 4.79 Å². The molecule has 9 heavy (non-hydrogen) atoms. The first-order valence-corrected chi connectivity index (χ1v) is 3.41. The normalized spacial score (nSPS) is 26.9. The first-order valence-electron chi connectivity index (χ1n) is 2.90. The third-order valence-corrected chi connectivity index (χ3v) is 1.64. The second-order valence-corrected chi connectivity index (χ2v) is 2.88. The van der Waals surface area contributed by atoms with Gasteiger partial charge in [-0.25, -0.2) is 5.43 Å². The van der Waals surface area contributed by atoms with Crippen LogP contribution in [-0.2, 0) is 4.79 Å². The summed E-state index contributed by atoms with van der Waals surface area (Å²) in [5, 5.41) is 1.88. The molecule has 0 aliphatic carbocycles. The Morgan fingerprint density at radius 3 is 2.78 bits per heavy atom. The maximum Gasteiger partial charge on any atom is 0.233 e. The molecule has 1 fully saturated rings. The summed E-state index contributed by atoms with van der Waals surface area (Å²) in [5.74, 6) is 0.0616. The first kappa shape index (κ1) is 6.89. The van der Waals surface area contributed by atoms with Crippen molar-refractivity contribution >= 4 is 18.5 Å². The third-order valence-electron chi connectivity index (χ3n) is 1.29. The van der Waals surface area contributed by atoms with Gasteiger partial charge in [0.25, 0.3) is 0 Å². The van der Waals surface area contributed by atoms with Crippen LogP contribution in [0.5, 0.6) is 0 Å². The average molecular weight is 146 g/mol. The number of thiol groups is 1. The maximum atomic E-state index is 10.6. The van der Waals surface area contributed by atoms with E-state index < -0.39 is 0 Å². The standard InChI is InChI=1S/C5H10N2OS/c1-4(8)7-3-5(9)2-6-7/h5-6,9H,2-3H2,1H3/t5-/m0/s1. The Bertz CT molecular complexity index is 128. The van der Waals surface area contributed by atoms with Crippen LogP contribution < -0.4 is 5.43 Å². The summed E-state index contributed by atoms with van der Waals surface area (Å²) in [5.41, 5.74) is 2.91. The Kier molecular flexibility index (Phi) is 1.97. The molecule has 0 bridgehead atoms. The lowest BCUT2D eigenvalue weighted by atomic mass is 10.4. The van der Waals surface area contributed by atoms with E-state index in [0.717, 1.165) is 13.1 Å². The summed E-state index contributed by atoms with van der Waals surface area (Å²) in [6.07, 6.45) is 0. The fourth-order valence-corrected chi connectivity index (χ4v) is 1.04. The van der Waals surface area contributed by atoms with Gasteiger partial charge in [-0.05, 0) is 0 Å². The van der Waals surface area contributed by atoms with Gasteiger partial charge in [0.2, 0.25) is 5.91 Å². The predicted octanol–water partition coefficient (Wildman–Crippen LogP) is -0.348. The summed E-state index contributed by atoms with van der Waals surface area (Å²) in [7, 11) is 0. The minimum Gasteiger partial charge on any atom is -0.277 e. The summed E-state index contributed by atoms with van der Waals surface area (Å²) >= 11 is 4.19. The van der Waals surface area contributed by atoms with Crippen molar-refractivity contribution in [3.05, 3.63) is 0 Å². The van der Waals surface area contributed by atoms with Crippen LogP contribution in [0.15, 0.2) is 0 Å². The minimum absolute atomic E-state index is 0.0616. The number of nitrogens with zero attached hydrogens (tertiary/aromatic N) is 1. The molecule has 0 aromatic carbocycles. The molecule has 1 heterocycles. The number of carbonyl (C=O) groups is 1. The van der Waals surface area contributed by atoms with Crippen LogP contribution in [0.3, 0.4) is 0 Å². The van der Waals surface area contributed by atoms with Crippen LogP contribution in [0.25, 0.3) is 0 Å². The predicted molar refractivity (Wildman–Crippen MR) is 38.2 cm³/mol. The molecule has 1 saturated heterocycles. The van der Waals surface area contributed by atoms with E-state index in [1.165, 1.54) is 0 Å². The first-order chi connectivity index (χ1) is 4.20. The van der Waals surface area contributed by atoms with Gasteiger partial charge in [0.1, 0.15) is 0 Å². The molecule has 0 unspecified atom stereocenters. The Balaban J connectivity index is 2.39. The summed E-state index contributed by atoms with van der Waals surface area (Å²) in [4.78, 5) is 10.6. The van der Waals surface area contributed by atoms with Gasteiger partial charge in [-0.3, -0.25) is 9.80 Å². The SMILES string of the molecule is CC(=O)N1C[C@@H](S)CN1. The zero-order chi connectivity index (χ0) is 6.85. The topological polar surface area (TPSA) is 32.3 Å². The average Bonchev–Trinajstić information content (AvgIpc) is 2.14. The highest BCUT2D eigenvalue weighted by molar-refractivity contribution is 7.81. The van der Waals surface area contributed by atoms with Crippen LogP contribution >= 0.6 is 12.6 Å². The second kappa shape index (κ2) is 2.58. The Labute approximate surface area is 59.8 Å². The van der Waals surface area contributed by atoms with Crippen LogP contribution in [0.2, 0.25) is 0 Å². The van der Waals surface area contributed by atoms with Gasteiger partial charge in [-0.15, -0.1) is 0 Å². The molecule has 52 valence electrons. The number of hydrogen-bond acceptors (Lipinski definition) is 3. The molecule has 1 amide bonds. The van der Waals surface area contributed by atoms with E-state index >= 15 is 0 Å². The zero-order valence-electron chi connectivity index (χ0n) is 5.29. The number of rotatable bonds is 0. The van der Waals surface area contributed by atoms with E-state index in [2.05, 4.69) is 18.1 Å². The highest BCUT2D eigenvalue weighted by Gasteiger charge is 2.19. The highest BCUT2D eigenvalue weighted by atomic mass is 32.1. The van der Waals surface area contributed by atoms with E-state index in [0.29, 0.717) is 5.25 Å².